The van der Waals surface area contributed by atoms with E-state index in [2.05, 4.69) is 5.32 Å². The van der Waals surface area contributed by atoms with E-state index >= 15 is 0 Å². The lowest BCUT2D eigenvalue weighted by molar-refractivity contribution is -0.380. The highest BCUT2D eigenvalue weighted by Crippen LogP contribution is 2.22. The summed E-state index contributed by atoms with van der Waals surface area (Å²) in [6.45, 7) is 2.27. The summed E-state index contributed by atoms with van der Waals surface area (Å²) >= 11 is 1.16. The van der Waals surface area contributed by atoms with E-state index in [1.807, 2.05) is 0 Å². The molecule has 0 unspecified atom stereocenters. The first-order valence-corrected chi connectivity index (χ1v) is 5.53. The standard InChI is InChI=1S/C9H14N2O3S/c1-14-4-2-3-10-6-8-5-9(11(12)13)15-7-8/h5,7,10H,2-4,6H2,1H3. The van der Waals surface area contributed by atoms with Crippen molar-refractivity contribution < 1.29 is 9.66 Å². The predicted molar refractivity (Wildman–Crippen MR) is 59.2 cm³/mol. The summed E-state index contributed by atoms with van der Waals surface area (Å²) in [7, 11) is 1.67. The summed E-state index contributed by atoms with van der Waals surface area (Å²) in [5, 5.41) is 15.6. The number of hydrogen-bond donors (Lipinski definition) is 1. The number of ether oxygens (including phenoxy) is 1. The van der Waals surface area contributed by atoms with Crippen LogP contribution in [0.5, 0.6) is 0 Å². The molecule has 6 heteroatoms. The van der Waals surface area contributed by atoms with Crippen molar-refractivity contribution in [2.24, 2.45) is 0 Å². The Morgan fingerprint density at radius 2 is 2.47 bits per heavy atom. The minimum absolute atomic E-state index is 0.198. The molecule has 15 heavy (non-hydrogen) atoms. The van der Waals surface area contributed by atoms with Gasteiger partial charge in [0.15, 0.2) is 0 Å². The fourth-order valence-corrected chi connectivity index (χ4v) is 1.85. The zero-order chi connectivity index (χ0) is 11.1. The van der Waals surface area contributed by atoms with E-state index in [4.69, 9.17) is 4.74 Å². The van der Waals surface area contributed by atoms with Gasteiger partial charge in [0.2, 0.25) is 0 Å². The zero-order valence-electron chi connectivity index (χ0n) is 8.56. The van der Waals surface area contributed by atoms with Crippen LogP contribution in [0.25, 0.3) is 0 Å². The van der Waals surface area contributed by atoms with Gasteiger partial charge in [-0.3, -0.25) is 10.1 Å². The van der Waals surface area contributed by atoms with Crippen molar-refractivity contribution in [3.63, 3.8) is 0 Å². The average molecular weight is 230 g/mol. The molecule has 0 aliphatic rings. The van der Waals surface area contributed by atoms with Crippen LogP contribution in [-0.4, -0.2) is 25.2 Å². The molecule has 0 aliphatic carbocycles. The van der Waals surface area contributed by atoms with Crippen LogP contribution in [0.1, 0.15) is 12.0 Å². The Labute approximate surface area is 92.2 Å². The second-order valence-corrected chi connectivity index (χ2v) is 3.96. The van der Waals surface area contributed by atoms with Gasteiger partial charge in [-0.15, -0.1) is 0 Å². The molecule has 0 aromatic carbocycles. The van der Waals surface area contributed by atoms with Gasteiger partial charge in [0.05, 0.1) is 4.92 Å². The molecule has 1 aromatic rings. The molecule has 0 radical (unpaired) electrons. The van der Waals surface area contributed by atoms with Crippen molar-refractivity contribution >= 4 is 16.3 Å². The number of nitrogens with zero attached hydrogens (tertiary/aromatic N) is 1. The molecule has 0 fully saturated rings. The van der Waals surface area contributed by atoms with Crippen LogP contribution in [0.3, 0.4) is 0 Å². The largest absolute Gasteiger partial charge is 0.385 e. The fourth-order valence-electron chi connectivity index (χ4n) is 1.13. The molecular weight excluding hydrogens is 216 g/mol. The van der Waals surface area contributed by atoms with Gasteiger partial charge in [0.25, 0.3) is 0 Å². The van der Waals surface area contributed by atoms with Gasteiger partial charge in [-0.2, -0.15) is 0 Å². The van der Waals surface area contributed by atoms with Crippen LogP contribution in [0, 0.1) is 10.1 Å². The molecule has 0 aliphatic heterocycles. The summed E-state index contributed by atoms with van der Waals surface area (Å²) < 4.78 is 4.90. The van der Waals surface area contributed by atoms with Crippen molar-refractivity contribution in [1.29, 1.82) is 0 Å². The molecule has 1 N–H and O–H groups in total. The summed E-state index contributed by atoms with van der Waals surface area (Å²) in [4.78, 5) is 10.0. The second kappa shape index (κ2) is 6.49. The lowest BCUT2D eigenvalue weighted by atomic mass is 10.3. The minimum atomic E-state index is -0.362. The molecule has 0 saturated heterocycles. The van der Waals surface area contributed by atoms with Crippen molar-refractivity contribution in [2.45, 2.75) is 13.0 Å². The normalized spacial score (nSPS) is 10.5. The van der Waals surface area contributed by atoms with Crippen molar-refractivity contribution in [1.82, 2.24) is 5.32 Å². The average Bonchev–Trinajstić information content (AvgIpc) is 2.66. The van der Waals surface area contributed by atoms with Crippen molar-refractivity contribution in [2.75, 3.05) is 20.3 Å². The predicted octanol–water partition coefficient (Wildman–Crippen LogP) is 1.78. The molecule has 84 valence electrons. The molecular formula is C9H14N2O3S. The zero-order valence-corrected chi connectivity index (χ0v) is 9.38. The van der Waals surface area contributed by atoms with Crippen LogP contribution in [0.4, 0.5) is 5.00 Å². The van der Waals surface area contributed by atoms with Crippen molar-refractivity contribution in [3.05, 3.63) is 27.1 Å². The number of hydrogen-bond acceptors (Lipinski definition) is 5. The van der Waals surface area contributed by atoms with Gasteiger partial charge in [-0.1, -0.05) is 11.3 Å². The quantitative estimate of drug-likeness (QED) is 0.440. The summed E-state index contributed by atoms with van der Waals surface area (Å²) in [5.41, 5.74) is 0.962. The molecule has 0 spiro atoms. The Morgan fingerprint density at radius 1 is 1.67 bits per heavy atom. The van der Waals surface area contributed by atoms with Crippen LogP contribution in [0.15, 0.2) is 11.4 Å². The fraction of sp³-hybridized carbons (Fsp3) is 0.556. The maximum atomic E-state index is 10.4. The third kappa shape index (κ3) is 4.37. The highest BCUT2D eigenvalue weighted by Gasteiger charge is 2.08. The van der Waals surface area contributed by atoms with Gasteiger partial charge in [-0.25, -0.2) is 0 Å². The number of nitrogens with one attached hydrogen (secondary N) is 1. The monoisotopic (exact) mass is 230 g/mol. The number of methoxy groups -OCH3 is 1. The molecule has 0 amide bonds. The SMILES string of the molecule is COCCCNCc1csc([N+](=O)[O-])c1. The first kappa shape index (κ1) is 12.1. The Hall–Kier alpha value is -0.980. The molecule has 0 saturated carbocycles. The first-order valence-electron chi connectivity index (χ1n) is 4.65. The Kier molecular flexibility index (Phi) is 5.23. The third-order valence-corrected chi connectivity index (χ3v) is 2.78. The maximum absolute atomic E-state index is 10.4. The topological polar surface area (TPSA) is 64.4 Å². The molecule has 0 atom stereocenters. The van der Waals surface area contributed by atoms with Crippen LogP contribution < -0.4 is 5.32 Å². The number of rotatable bonds is 7. The molecule has 0 bridgehead atoms. The summed E-state index contributed by atoms with van der Waals surface area (Å²) in [6.07, 6.45) is 0.947. The van der Waals surface area contributed by atoms with E-state index in [1.54, 1.807) is 18.6 Å². The Bertz CT molecular complexity index is 314. The first-order chi connectivity index (χ1) is 7.24. The number of thiophene rings is 1. The van der Waals surface area contributed by atoms with Gasteiger partial charge in [0, 0.05) is 31.7 Å². The van der Waals surface area contributed by atoms with E-state index in [-0.39, 0.29) is 9.92 Å². The summed E-state index contributed by atoms with van der Waals surface area (Å²) in [5.74, 6) is 0. The molecule has 1 rings (SSSR count). The van der Waals surface area contributed by atoms with Crippen LogP contribution in [0.2, 0.25) is 0 Å². The van der Waals surface area contributed by atoms with Gasteiger partial charge in [-0.05, 0) is 18.5 Å². The molecule has 1 heterocycles. The van der Waals surface area contributed by atoms with Gasteiger partial charge in [0.1, 0.15) is 0 Å². The number of nitro groups is 1. The van der Waals surface area contributed by atoms with Crippen LogP contribution >= 0.6 is 11.3 Å². The minimum Gasteiger partial charge on any atom is -0.385 e. The lowest BCUT2D eigenvalue weighted by Crippen LogP contribution is -2.15. The van der Waals surface area contributed by atoms with E-state index in [0.717, 1.165) is 36.5 Å². The van der Waals surface area contributed by atoms with E-state index in [1.165, 1.54) is 0 Å². The molecule has 1 aromatic heterocycles. The van der Waals surface area contributed by atoms with E-state index < -0.39 is 0 Å². The van der Waals surface area contributed by atoms with Gasteiger partial charge < -0.3 is 10.1 Å². The smallest absolute Gasteiger partial charge is 0.324 e. The molecule has 5 nitrogen and oxygen atoms in total. The Balaban J connectivity index is 2.23. The van der Waals surface area contributed by atoms with Gasteiger partial charge >= 0.3 is 5.00 Å². The van der Waals surface area contributed by atoms with Crippen LogP contribution in [-0.2, 0) is 11.3 Å². The highest BCUT2D eigenvalue weighted by atomic mass is 32.1. The highest BCUT2D eigenvalue weighted by molar-refractivity contribution is 7.13. The third-order valence-electron chi connectivity index (χ3n) is 1.85. The van der Waals surface area contributed by atoms with E-state index in [0.29, 0.717) is 6.54 Å². The van der Waals surface area contributed by atoms with Crippen molar-refractivity contribution in [3.8, 4) is 0 Å². The second-order valence-electron chi connectivity index (χ2n) is 3.07. The Morgan fingerprint density at radius 3 is 3.07 bits per heavy atom. The maximum Gasteiger partial charge on any atom is 0.324 e. The summed E-state index contributed by atoms with van der Waals surface area (Å²) in [6, 6.07) is 1.61. The van der Waals surface area contributed by atoms with E-state index in [9.17, 15) is 10.1 Å². The lowest BCUT2D eigenvalue weighted by Gasteiger charge is -2.01.